The average molecular weight is 219 g/mol. The van der Waals surface area contributed by atoms with Gasteiger partial charge in [-0.3, -0.25) is 0 Å². The topological polar surface area (TPSA) is 35.2 Å². The number of nitrogen functional groups attached to an aromatic ring is 1. The number of hydrogen-bond acceptors (Lipinski definition) is 2. The highest BCUT2D eigenvalue weighted by atomic mass is 19.4. The highest BCUT2D eigenvalue weighted by Gasteiger charge is 2.34. The molecule has 0 saturated carbocycles. The van der Waals surface area contributed by atoms with E-state index >= 15 is 0 Å². The third kappa shape index (κ3) is 3.04. The number of hydrogen-bond donors (Lipinski definition) is 1. The van der Waals surface area contributed by atoms with Crippen molar-refractivity contribution in [2.24, 2.45) is 0 Å². The molecular formula is C10H12F3NO. The zero-order valence-corrected chi connectivity index (χ0v) is 8.43. The smallest absolute Gasteiger partial charge is 0.419 e. The Kier molecular flexibility index (Phi) is 3.12. The summed E-state index contributed by atoms with van der Waals surface area (Å²) in [5.41, 5.74) is 4.85. The molecule has 0 aliphatic carbocycles. The molecule has 1 aromatic carbocycles. The van der Waals surface area contributed by atoms with Crippen molar-refractivity contribution in [3.05, 3.63) is 23.8 Å². The van der Waals surface area contributed by atoms with E-state index in [0.29, 0.717) is 0 Å². The molecule has 0 unspecified atom stereocenters. The van der Waals surface area contributed by atoms with Crippen LogP contribution in [-0.2, 0) is 6.18 Å². The SMILES string of the molecule is CC(C)Oc1cc(N)ccc1C(F)(F)F. The number of alkyl halides is 3. The minimum Gasteiger partial charge on any atom is -0.490 e. The fraction of sp³-hybridized carbons (Fsp3) is 0.400. The molecule has 0 saturated heterocycles. The first-order valence-electron chi connectivity index (χ1n) is 4.44. The van der Waals surface area contributed by atoms with E-state index in [1.54, 1.807) is 13.8 Å². The fourth-order valence-corrected chi connectivity index (χ4v) is 1.12. The molecule has 0 heterocycles. The van der Waals surface area contributed by atoms with Crippen molar-refractivity contribution in [3.8, 4) is 5.75 Å². The van der Waals surface area contributed by atoms with E-state index in [1.807, 2.05) is 0 Å². The van der Waals surface area contributed by atoms with Crippen LogP contribution in [0.2, 0.25) is 0 Å². The lowest BCUT2D eigenvalue weighted by Gasteiger charge is -2.16. The summed E-state index contributed by atoms with van der Waals surface area (Å²) in [5.74, 6) is -0.225. The summed E-state index contributed by atoms with van der Waals surface area (Å²) >= 11 is 0. The van der Waals surface area contributed by atoms with Gasteiger partial charge in [0.25, 0.3) is 0 Å². The van der Waals surface area contributed by atoms with Gasteiger partial charge in [0.05, 0.1) is 11.7 Å². The Morgan fingerprint density at radius 1 is 1.27 bits per heavy atom. The number of benzene rings is 1. The standard InChI is InChI=1S/C10H12F3NO/c1-6(2)15-9-5-7(14)3-4-8(9)10(11,12)13/h3-6H,14H2,1-2H3. The molecule has 0 aliphatic heterocycles. The molecule has 0 amide bonds. The lowest BCUT2D eigenvalue weighted by Crippen LogP contribution is -2.13. The van der Waals surface area contributed by atoms with Crippen LogP contribution in [0.5, 0.6) is 5.75 Å². The predicted molar refractivity (Wildman–Crippen MR) is 51.6 cm³/mol. The summed E-state index contributed by atoms with van der Waals surface area (Å²) in [4.78, 5) is 0. The highest BCUT2D eigenvalue weighted by molar-refractivity contribution is 5.49. The van der Waals surface area contributed by atoms with E-state index in [4.69, 9.17) is 10.5 Å². The van der Waals surface area contributed by atoms with E-state index in [1.165, 1.54) is 12.1 Å². The zero-order chi connectivity index (χ0) is 11.6. The normalized spacial score (nSPS) is 11.9. The van der Waals surface area contributed by atoms with E-state index in [0.717, 1.165) is 6.07 Å². The Hall–Kier alpha value is -1.39. The lowest BCUT2D eigenvalue weighted by atomic mass is 10.1. The third-order valence-electron chi connectivity index (χ3n) is 1.67. The molecule has 5 heteroatoms. The summed E-state index contributed by atoms with van der Waals surface area (Å²) < 4.78 is 42.6. The largest absolute Gasteiger partial charge is 0.490 e. The van der Waals surface area contributed by atoms with Crippen molar-refractivity contribution >= 4 is 5.69 Å². The van der Waals surface area contributed by atoms with Crippen LogP contribution in [0.3, 0.4) is 0 Å². The number of ether oxygens (including phenoxy) is 1. The van der Waals surface area contributed by atoms with Crippen molar-refractivity contribution in [1.82, 2.24) is 0 Å². The Morgan fingerprint density at radius 2 is 1.87 bits per heavy atom. The average Bonchev–Trinajstić information content (AvgIpc) is 1.99. The second-order valence-corrected chi connectivity index (χ2v) is 3.42. The molecule has 0 aromatic heterocycles. The maximum absolute atomic E-state index is 12.5. The molecule has 2 N–H and O–H groups in total. The predicted octanol–water partition coefficient (Wildman–Crippen LogP) is 3.07. The first kappa shape index (κ1) is 11.7. The molecule has 0 fully saturated rings. The summed E-state index contributed by atoms with van der Waals surface area (Å²) in [6.07, 6.45) is -4.74. The Morgan fingerprint density at radius 3 is 2.33 bits per heavy atom. The van der Waals surface area contributed by atoms with Crippen LogP contribution in [0.1, 0.15) is 19.4 Å². The number of rotatable bonds is 2. The second kappa shape index (κ2) is 4.00. The van der Waals surface area contributed by atoms with Gasteiger partial charge >= 0.3 is 6.18 Å². The molecular weight excluding hydrogens is 207 g/mol. The van der Waals surface area contributed by atoms with Gasteiger partial charge in [-0.05, 0) is 26.0 Å². The Bertz CT molecular complexity index is 347. The quantitative estimate of drug-likeness (QED) is 0.776. The van der Waals surface area contributed by atoms with Crippen LogP contribution >= 0.6 is 0 Å². The van der Waals surface area contributed by atoms with Crippen molar-refractivity contribution in [2.75, 3.05) is 5.73 Å². The van der Waals surface area contributed by atoms with Gasteiger partial charge in [-0.25, -0.2) is 0 Å². The van der Waals surface area contributed by atoms with Gasteiger partial charge < -0.3 is 10.5 Å². The van der Waals surface area contributed by atoms with E-state index in [2.05, 4.69) is 0 Å². The number of anilines is 1. The molecule has 84 valence electrons. The maximum Gasteiger partial charge on any atom is 0.419 e. The molecule has 0 radical (unpaired) electrons. The first-order valence-corrected chi connectivity index (χ1v) is 4.44. The molecule has 2 nitrogen and oxygen atoms in total. The van der Waals surface area contributed by atoms with Crippen LogP contribution in [-0.4, -0.2) is 6.10 Å². The maximum atomic E-state index is 12.5. The van der Waals surface area contributed by atoms with Crippen molar-refractivity contribution in [1.29, 1.82) is 0 Å². The van der Waals surface area contributed by atoms with Crippen LogP contribution in [0, 0.1) is 0 Å². The third-order valence-corrected chi connectivity index (χ3v) is 1.67. The van der Waals surface area contributed by atoms with Gasteiger partial charge in [0, 0.05) is 11.8 Å². The number of nitrogens with two attached hydrogens (primary N) is 1. The van der Waals surface area contributed by atoms with Crippen molar-refractivity contribution in [3.63, 3.8) is 0 Å². The van der Waals surface area contributed by atoms with Gasteiger partial charge in [-0.15, -0.1) is 0 Å². The molecule has 0 spiro atoms. The van der Waals surface area contributed by atoms with E-state index in [9.17, 15) is 13.2 Å². The zero-order valence-electron chi connectivity index (χ0n) is 8.43. The summed E-state index contributed by atoms with van der Waals surface area (Å²) in [7, 11) is 0. The lowest BCUT2D eigenvalue weighted by molar-refractivity contribution is -0.139. The van der Waals surface area contributed by atoms with Crippen LogP contribution in [0.25, 0.3) is 0 Å². The van der Waals surface area contributed by atoms with Crippen molar-refractivity contribution in [2.45, 2.75) is 26.1 Å². The van der Waals surface area contributed by atoms with Gasteiger partial charge in [-0.1, -0.05) is 0 Å². The summed E-state index contributed by atoms with van der Waals surface area (Å²) in [6.45, 7) is 3.31. The van der Waals surface area contributed by atoms with E-state index < -0.39 is 11.7 Å². The molecule has 0 bridgehead atoms. The van der Waals surface area contributed by atoms with Gasteiger partial charge in [0.15, 0.2) is 0 Å². The van der Waals surface area contributed by atoms with E-state index in [-0.39, 0.29) is 17.5 Å². The van der Waals surface area contributed by atoms with Crippen LogP contribution < -0.4 is 10.5 Å². The highest BCUT2D eigenvalue weighted by Crippen LogP contribution is 2.37. The minimum absolute atomic E-state index is 0.225. The van der Waals surface area contributed by atoms with Crippen LogP contribution in [0.4, 0.5) is 18.9 Å². The summed E-state index contributed by atoms with van der Waals surface area (Å²) in [5, 5.41) is 0. The number of halogens is 3. The molecule has 0 aliphatic rings. The first-order chi connectivity index (χ1) is 6.80. The molecule has 1 aromatic rings. The Labute approximate surface area is 85.8 Å². The fourth-order valence-electron chi connectivity index (χ4n) is 1.12. The summed E-state index contributed by atoms with van der Waals surface area (Å²) in [6, 6.07) is 3.31. The molecule has 1 rings (SSSR count). The second-order valence-electron chi connectivity index (χ2n) is 3.42. The van der Waals surface area contributed by atoms with Gasteiger partial charge in [0.1, 0.15) is 5.75 Å². The van der Waals surface area contributed by atoms with Crippen molar-refractivity contribution < 1.29 is 17.9 Å². The molecule has 15 heavy (non-hydrogen) atoms. The van der Waals surface area contributed by atoms with Crippen LogP contribution in [0.15, 0.2) is 18.2 Å². The molecule has 0 atom stereocenters. The van der Waals surface area contributed by atoms with Gasteiger partial charge in [-0.2, -0.15) is 13.2 Å². The minimum atomic E-state index is -4.42. The Balaban J connectivity index is 3.15. The monoisotopic (exact) mass is 219 g/mol. The van der Waals surface area contributed by atoms with Gasteiger partial charge in [0.2, 0.25) is 0 Å².